The maximum absolute atomic E-state index is 10.00. The molecule has 3 N–H and O–H groups in total. The van der Waals surface area contributed by atoms with Gasteiger partial charge in [0.05, 0.1) is 41.3 Å². The van der Waals surface area contributed by atoms with Crippen LogP contribution in [-0.2, 0) is 0 Å². The van der Waals surface area contributed by atoms with Gasteiger partial charge in [-0.3, -0.25) is 0 Å². The van der Waals surface area contributed by atoms with Crippen molar-refractivity contribution in [2.75, 3.05) is 6.54 Å². The Hall–Kier alpha value is -4.57. The lowest BCUT2D eigenvalue weighted by Crippen LogP contribution is -2.10. The quantitative estimate of drug-likeness (QED) is 0.467. The predicted molar refractivity (Wildman–Crippen MR) is 119 cm³/mol. The lowest BCUT2D eigenvalue weighted by Gasteiger charge is -2.13. The fraction of sp³-hybridized carbons (Fsp3) is 0.125. The molecule has 0 aliphatic carbocycles. The van der Waals surface area contributed by atoms with E-state index in [1.54, 1.807) is 55.6 Å². The molecule has 0 saturated heterocycles. The maximum Gasteiger partial charge on any atom is 0.223 e. The Kier molecular flexibility index (Phi) is 6.09. The Balaban J connectivity index is 1.77. The molecular formula is C24H19N7O2. The molecule has 0 aliphatic heterocycles. The first-order valence-electron chi connectivity index (χ1n) is 10.0. The molecule has 1 atom stereocenters. The van der Waals surface area contributed by atoms with Crippen molar-refractivity contribution < 1.29 is 9.84 Å². The molecule has 0 saturated carbocycles. The van der Waals surface area contributed by atoms with Crippen molar-refractivity contribution in [1.29, 1.82) is 10.5 Å². The zero-order valence-electron chi connectivity index (χ0n) is 17.7. The molecule has 9 heteroatoms. The van der Waals surface area contributed by atoms with Crippen LogP contribution in [0.2, 0.25) is 0 Å². The third kappa shape index (κ3) is 4.55. The Morgan fingerprint density at radius 2 is 1.94 bits per heavy atom. The highest BCUT2D eigenvalue weighted by atomic mass is 16.5. The van der Waals surface area contributed by atoms with Gasteiger partial charge >= 0.3 is 0 Å². The van der Waals surface area contributed by atoms with Crippen LogP contribution in [0.15, 0.2) is 60.9 Å². The number of hydrogen-bond acceptors (Lipinski definition) is 8. The first kappa shape index (κ1) is 21.7. The summed E-state index contributed by atoms with van der Waals surface area (Å²) in [5, 5.41) is 33.1. The molecule has 9 nitrogen and oxygen atoms in total. The van der Waals surface area contributed by atoms with Crippen molar-refractivity contribution in [2.24, 2.45) is 5.73 Å². The van der Waals surface area contributed by atoms with Crippen LogP contribution in [0.25, 0.3) is 16.9 Å². The van der Waals surface area contributed by atoms with Gasteiger partial charge in [0, 0.05) is 36.0 Å². The Labute approximate surface area is 190 Å². The minimum Gasteiger partial charge on any atom is -0.437 e. The predicted octanol–water partition coefficient (Wildman–Crippen LogP) is 3.17. The summed E-state index contributed by atoms with van der Waals surface area (Å²) in [4.78, 5) is 8.81. The smallest absolute Gasteiger partial charge is 0.223 e. The van der Waals surface area contributed by atoms with E-state index in [2.05, 4.69) is 27.2 Å². The number of aliphatic hydroxyl groups is 1. The van der Waals surface area contributed by atoms with E-state index in [1.165, 1.54) is 10.9 Å². The number of aliphatic hydroxyl groups excluding tert-OH is 1. The third-order valence-electron chi connectivity index (χ3n) is 4.90. The molecule has 0 bridgehead atoms. The molecule has 33 heavy (non-hydrogen) atoms. The summed E-state index contributed by atoms with van der Waals surface area (Å²) in [5.74, 6) is 1.04. The van der Waals surface area contributed by atoms with Gasteiger partial charge in [0.25, 0.3) is 0 Å². The molecule has 0 fully saturated rings. The lowest BCUT2D eigenvalue weighted by molar-refractivity contribution is 0.186. The molecule has 1 unspecified atom stereocenters. The zero-order valence-corrected chi connectivity index (χ0v) is 17.7. The van der Waals surface area contributed by atoms with Crippen LogP contribution in [0.3, 0.4) is 0 Å². The number of nitrogens with two attached hydrogens (primary N) is 1. The molecule has 2 aromatic heterocycles. The van der Waals surface area contributed by atoms with Crippen molar-refractivity contribution in [1.82, 2.24) is 19.7 Å². The van der Waals surface area contributed by atoms with Gasteiger partial charge in [-0.05, 0) is 25.1 Å². The SMILES string of the molecule is Cc1nc(Oc2cc(C#N)ccc2-n2cc(C(O)CN)cn2)cc(-c2ccccc2C#N)n1. The van der Waals surface area contributed by atoms with Crippen LogP contribution in [-0.4, -0.2) is 31.4 Å². The number of benzene rings is 2. The highest BCUT2D eigenvalue weighted by Crippen LogP contribution is 2.31. The molecule has 0 aliphatic rings. The Morgan fingerprint density at radius 1 is 1.12 bits per heavy atom. The number of hydrogen-bond donors (Lipinski definition) is 2. The molecule has 2 heterocycles. The number of nitrogens with zero attached hydrogens (tertiary/aromatic N) is 6. The van der Waals surface area contributed by atoms with Crippen molar-refractivity contribution in [2.45, 2.75) is 13.0 Å². The average molecular weight is 437 g/mol. The number of nitriles is 2. The highest BCUT2D eigenvalue weighted by molar-refractivity contribution is 5.68. The van der Waals surface area contributed by atoms with Gasteiger partial charge in [-0.1, -0.05) is 18.2 Å². The van der Waals surface area contributed by atoms with Crippen LogP contribution in [0.1, 0.15) is 28.6 Å². The Bertz CT molecular complexity index is 1400. The largest absolute Gasteiger partial charge is 0.437 e. The van der Waals surface area contributed by atoms with Gasteiger partial charge in [0.1, 0.15) is 11.5 Å². The van der Waals surface area contributed by atoms with Crippen molar-refractivity contribution >= 4 is 0 Å². The van der Waals surface area contributed by atoms with Crippen molar-refractivity contribution in [3.63, 3.8) is 0 Å². The molecule has 0 radical (unpaired) electrons. The molecule has 2 aromatic carbocycles. The second-order valence-electron chi connectivity index (χ2n) is 7.16. The van der Waals surface area contributed by atoms with Crippen LogP contribution in [0.5, 0.6) is 11.6 Å². The lowest BCUT2D eigenvalue weighted by atomic mass is 10.1. The fourth-order valence-electron chi connectivity index (χ4n) is 3.28. The summed E-state index contributed by atoms with van der Waals surface area (Å²) in [7, 11) is 0. The van der Waals surface area contributed by atoms with Gasteiger partial charge in [0.15, 0.2) is 5.75 Å². The van der Waals surface area contributed by atoms with Gasteiger partial charge in [-0.15, -0.1) is 0 Å². The van der Waals surface area contributed by atoms with E-state index in [-0.39, 0.29) is 12.4 Å². The minimum atomic E-state index is -0.839. The first-order chi connectivity index (χ1) is 16.0. The van der Waals surface area contributed by atoms with E-state index in [9.17, 15) is 15.6 Å². The van der Waals surface area contributed by atoms with Crippen LogP contribution < -0.4 is 10.5 Å². The fourth-order valence-corrected chi connectivity index (χ4v) is 3.28. The van der Waals surface area contributed by atoms with E-state index in [1.807, 2.05) is 6.07 Å². The summed E-state index contributed by atoms with van der Waals surface area (Å²) >= 11 is 0. The molecule has 4 aromatic rings. The number of aromatic nitrogens is 4. The van der Waals surface area contributed by atoms with Gasteiger partial charge in [-0.25, -0.2) is 9.67 Å². The second kappa shape index (κ2) is 9.28. The number of aryl methyl sites for hydroxylation is 1. The minimum absolute atomic E-state index is 0.0651. The van der Waals surface area contributed by atoms with Gasteiger partial charge < -0.3 is 15.6 Å². The normalized spacial score (nSPS) is 11.4. The molecule has 0 spiro atoms. The van der Waals surface area contributed by atoms with E-state index >= 15 is 0 Å². The van der Waals surface area contributed by atoms with Gasteiger partial charge in [-0.2, -0.15) is 20.6 Å². The van der Waals surface area contributed by atoms with E-state index < -0.39 is 6.10 Å². The van der Waals surface area contributed by atoms with Crippen molar-refractivity contribution in [3.8, 4) is 40.7 Å². The topological polar surface area (TPSA) is 147 Å². The van der Waals surface area contributed by atoms with Crippen LogP contribution >= 0.6 is 0 Å². The maximum atomic E-state index is 10.00. The monoisotopic (exact) mass is 437 g/mol. The number of ether oxygens (including phenoxy) is 1. The van der Waals surface area contributed by atoms with Crippen LogP contribution in [0.4, 0.5) is 0 Å². The summed E-state index contributed by atoms with van der Waals surface area (Å²) in [5.41, 5.74) is 8.71. The van der Waals surface area contributed by atoms with E-state index in [4.69, 9.17) is 10.5 Å². The number of rotatable bonds is 6. The van der Waals surface area contributed by atoms with E-state index in [0.717, 1.165) is 0 Å². The summed E-state index contributed by atoms with van der Waals surface area (Å²) in [6.45, 7) is 1.79. The molecular weight excluding hydrogens is 418 g/mol. The molecule has 162 valence electrons. The first-order valence-corrected chi connectivity index (χ1v) is 10.0. The molecule has 4 rings (SSSR count). The standard InChI is InChI=1S/C24H19N7O2/c1-15-29-20(19-5-3-2-4-17(19)11-26)9-24(30-15)33-23-8-16(10-25)6-7-21(23)31-14-18(13-28-31)22(32)12-27/h2-9,13-14,22,32H,12,27H2,1H3. The zero-order chi connectivity index (χ0) is 23.4. The average Bonchev–Trinajstić information content (AvgIpc) is 3.33. The summed E-state index contributed by atoms with van der Waals surface area (Å²) < 4.78 is 7.62. The third-order valence-corrected chi connectivity index (χ3v) is 4.90. The van der Waals surface area contributed by atoms with Crippen LogP contribution in [0, 0.1) is 29.6 Å². The van der Waals surface area contributed by atoms with Gasteiger partial charge in [0.2, 0.25) is 5.88 Å². The summed E-state index contributed by atoms with van der Waals surface area (Å²) in [6.07, 6.45) is 2.32. The molecule has 0 amide bonds. The van der Waals surface area contributed by atoms with Crippen molar-refractivity contribution in [3.05, 3.63) is 83.4 Å². The van der Waals surface area contributed by atoms with E-state index in [0.29, 0.717) is 45.2 Å². The Morgan fingerprint density at radius 3 is 2.70 bits per heavy atom. The highest BCUT2D eigenvalue weighted by Gasteiger charge is 2.15. The second-order valence-corrected chi connectivity index (χ2v) is 7.16. The summed E-state index contributed by atoms with van der Waals surface area (Å²) in [6, 6.07) is 17.9.